The van der Waals surface area contributed by atoms with Gasteiger partial charge in [-0.25, -0.2) is 0 Å². The van der Waals surface area contributed by atoms with E-state index in [1.807, 2.05) is 0 Å². The van der Waals surface area contributed by atoms with Crippen LogP contribution in [0.4, 0.5) is 0 Å². The van der Waals surface area contributed by atoms with E-state index in [1.165, 1.54) is 174 Å². The topological polar surface area (TPSA) is 3.24 Å². The van der Waals surface area contributed by atoms with Gasteiger partial charge in [-0.3, -0.25) is 0 Å². The minimum absolute atomic E-state index is 0.638. The van der Waals surface area contributed by atoms with E-state index in [-0.39, 0.29) is 0 Å². The Bertz CT molecular complexity index is 656. The van der Waals surface area contributed by atoms with Gasteiger partial charge in [0.25, 0.3) is 0 Å². The van der Waals surface area contributed by atoms with Crippen LogP contribution in [0.15, 0.2) is 48.6 Å². The van der Waals surface area contributed by atoms with Crippen LogP contribution in [0.2, 0.25) is 0 Å². The van der Waals surface area contributed by atoms with Gasteiger partial charge in [0.15, 0.2) is 0 Å². The highest BCUT2D eigenvalue weighted by molar-refractivity contribution is 5.02. The normalized spacial score (nSPS) is 18.4. The lowest BCUT2D eigenvalue weighted by atomic mass is 9.77. The van der Waals surface area contributed by atoms with E-state index < -0.39 is 0 Å². The summed E-state index contributed by atoms with van der Waals surface area (Å²) in [6.07, 6.45) is 54.4. The predicted octanol–water partition coefficient (Wildman–Crippen LogP) is 13.3. The zero-order valence-electron chi connectivity index (χ0n) is 28.4. The van der Waals surface area contributed by atoms with Gasteiger partial charge in [0.2, 0.25) is 0 Å². The lowest BCUT2D eigenvalue weighted by molar-refractivity contribution is 0.224. The Labute approximate surface area is 259 Å². The van der Waals surface area contributed by atoms with E-state index in [0.29, 0.717) is 5.41 Å². The molecule has 1 heterocycles. The smallest absolute Gasteiger partial charge is 0.00354 e. The molecular weight excluding hydrogens is 494 g/mol. The maximum atomic E-state index is 2.60. The second kappa shape index (κ2) is 29.0. The molecule has 1 aliphatic heterocycles. The third kappa shape index (κ3) is 24.1. The van der Waals surface area contributed by atoms with Gasteiger partial charge in [-0.1, -0.05) is 152 Å². The molecule has 1 nitrogen and oxygen atoms in total. The fourth-order valence-corrected chi connectivity index (χ4v) is 6.51. The van der Waals surface area contributed by atoms with Gasteiger partial charge >= 0.3 is 0 Å². The van der Waals surface area contributed by atoms with Crippen LogP contribution >= 0.6 is 0 Å². The fraction of sp³-hybridized carbons (Fsp3) is 0.800. The fourth-order valence-electron chi connectivity index (χ4n) is 6.51. The maximum absolute atomic E-state index is 2.60. The lowest BCUT2D eigenvalue weighted by Gasteiger charge is -2.29. The molecule has 41 heavy (non-hydrogen) atoms. The van der Waals surface area contributed by atoms with Gasteiger partial charge in [-0.15, -0.1) is 0 Å². The van der Waals surface area contributed by atoms with Crippen LogP contribution in [0.1, 0.15) is 181 Å². The van der Waals surface area contributed by atoms with E-state index in [2.05, 4.69) is 74.4 Å². The molecule has 0 N–H and O–H groups in total. The van der Waals surface area contributed by atoms with E-state index in [9.17, 15) is 0 Å². The summed E-state index contributed by atoms with van der Waals surface area (Å²) in [6.45, 7) is 7.22. The lowest BCUT2D eigenvalue weighted by Crippen LogP contribution is -2.25. The second-order valence-corrected chi connectivity index (χ2v) is 13.3. The number of rotatable bonds is 29. The number of unbranched alkanes of at least 4 members (excludes halogenated alkanes) is 18. The third-order valence-electron chi connectivity index (χ3n) is 9.22. The molecule has 1 saturated heterocycles. The van der Waals surface area contributed by atoms with Gasteiger partial charge < -0.3 is 4.90 Å². The molecular formula is C40H73N. The molecule has 238 valence electrons. The summed E-state index contributed by atoms with van der Waals surface area (Å²) < 4.78 is 0. The summed E-state index contributed by atoms with van der Waals surface area (Å²) in [5, 5.41) is 0. The Morgan fingerprint density at radius 2 is 0.902 bits per heavy atom. The van der Waals surface area contributed by atoms with Gasteiger partial charge in [-0.2, -0.15) is 0 Å². The highest BCUT2D eigenvalue weighted by atomic mass is 15.1. The Morgan fingerprint density at radius 1 is 0.488 bits per heavy atom. The van der Waals surface area contributed by atoms with Crippen molar-refractivity contribution >= 4 is 0 Å². The van der Waals surface area contributed by atoms with Crippen LogP contribution < -0.4 is 0 Å². The summed E-state index contributed by atoms with van der Waals surface area (Å²) in [4.78, 5) is 2.60. The number of likely N-dealkylation sites (tertiary alicyclic amines) is 1. The van der Waals surface area contributed by atoms with Crippen LogP contribution in [0.25, 0.3) is 0 Å². The SMILES string of the molecule is CCCCC/C=C\C/C=C\CCCCCCCCC1(CCCCCCCC/C=C\C=C\CCCCC)CCN(C)C1. The number of nitrogens with zero attached hydrogens (tertiary/aromatic N) is 1. The minimum Gasteiger partial charge on any atom is -0.306 e. The van der Waals surface area contributed by atoms with Crippen molar-refractivity contribution in [1.82, 2.24) is 4.90 Å². The molecule has 1 rings (SSSR count). The first-order valence-corrected chi connectivity index (χ1v) is 18.5. The monoisotopic (exact) mass is 568 g/mol. The summed E-state index contributed by atoms with van der Waals surface area (Å²) in [6, 6.07) is 0. The van der Waals surface area contributed by atoms with Gasteiger partial charge in [0, 0.05) is 6.54 Å². The molecule has 0 aromatic carbocycles. The number of allylic oxidation sites excluding steroid dienone is 8. The molecule has 0 bridgehead atoms. The predicted molar refractivity (Wildman–Crippen MR) is 188 cm³/mol. The molecule has 1 atom stereocenters. The van der Waals surface area contributed by atoms with Crippen molar-refractivity contribution in [2.45, 2.75) is 181 Å². The molecule has 1 aliphatic rings. The molecule has 0 spiro atoms. The number of hydrogen-bond acceptors (Lipinski definition) is 1. The van der Waals surface area contributed by atoms with Crippen molar-refractivity contribution < 1.29 is 0 Å². The van der Waals surface area contributed by atoms with Crippen LogP contribution in [0.5, 0.6) is 0 Å². The van der Waals surface area contributed by atoms with Crippen LogP contribution in [-0.4, -0.2) is 25.0 Å². The molecule has 1 heteroatoms. The molecule has 0 amide bonds. The van der Waals surface area contributed by atoms with Crippen LogP contribution in [-0.2, 0) is 0 Å². The highest BCUT2D eigenvalue weighted by Gasteiger charge is 2.35. The average Bonchev–Trinajstić information content (AvgIpc) is 3.35. The summed E-state index contributed by atoms with van der Waals surface area (Å²) in [7, 11) is 2.34. The third-order valence-corrected chi connectivity index (χ3v) is 9.22. The van der Waals surface area contributed by atoms with Gasteiger partial charge in [-0.05, 0) is 96.1 Å². The summed E-state index contributed by atoms with van der Waals surface area (Å²) >= 11 is 0. The average molecular weight is 568 g/mol. The summed E-state index contributed by atoms with van der Waals surface area (Å²) in [5.74, 6) is 0. The van der Waals surface area contributed by atoms with E-state index in [0.717, 1.165) is 6.42 Å². The Kier molecular flexibility index (Phi) is 26.9. The van der Waals surface area contributed by atoms with Gasteiger partial charge in [0.05, 0.1) is 0 Å². The number of hydrogen-bond donors (Lipinski definition) is 0. The molecule has 0 radical (unpaired) electrons. The van der Waals surface area contributed by atoms with Crippen molar-refractivity contribution in [2.24, 2.45) is 5.41 Å². The minimum atomic E-state index is 0.638. The maximum Gasteiger partial charge on any atom is 0.00354 e. The van der Waals surface area contributed by atoms with Crippen molar-refractivity contribution in [1.29, 1.82) is 0 Å². The summed E-state index contributed by atoms with van der Waals surface area (Å²) in [5.41, 5.74) is 0.638. The van der Waals surface area contributed by atoms with E-state index in [4.69, 9.17) is 0 Å². The standard InChI is InChI=1S/C40H73N/c1-4-6-8-10-12-14-16-18-20-22-24-26-28-30-32-34-36-40(37-38-41(3)39-40)35-33-31-29-27-25-23-21-19-17-15-13-11-9-7-5-2/h12-15,17-20H,4-11,16,21-39H2,1-3H3/b14-12-,15-13+,19-17-,20-18-. The van der Waals surface area contributed by atoms with Crippen molar-refractivity contribution in [3.05, 3.63) is 48.6 Å². The second-order valence-electron chi connectivity index (χ2n) is 13.3. The largest absolute Gasteiger partial charge is 0.306 e. The molecule has 0 aromatic rings. The highest BCUT2D eigenvalue weighted by Crippen LogP contribution is 2.40. The first-order valence-electron chi connectivity index (χ1n) is 18.5. The zero-order valence-corrected chi connectivity index (χ0v) is 28.4. The molecule has 0 saturated carbocycles. The molecule has 0 aromatic heterocycles. The Hall–Kier alpha value is -1.08. The molecule has 1 fully saturated rings. The van der Waals surface area contributed by atoms with Crippen molar-refractivity contribution in [3.63, 3.8) is 0 Å². The van der Waals surface area contributed by atoms with Crippen molar-refractivity contribution in [2.75, 3.05) is 20.1 Å². The molecule has 1 unspecified atom stereocenters. The molecule has 0 aliphatic carbocycles. The van der Waals surface area contributed by atoms with Crippen LogP contribution in [0.3, 0.4) is 0 Å². The van der Waals surface area contributed by atoms with Crippen molar-refractivity contribution in [3.8, 4) is 0 Å². The Morgan fingerprint density at radius 3 is 1.34 bits per heavy atom. The first kappa shape index (κ1) is 37.9. The van der Waals surface area contributed by atoms with E-state index in [1.54, 1.807) is 0 Å². The first-order chi connectivity index (χ1) is 20.2. The van der Waals surface area contributed by atoms with Gasteiger partial charge in [0.1, 0.15) is 0 Å². The van der Waals surface area contributed by atoms with E-state index >= 15 is 0 Å². The quantitative estimate of drug-likeness (QED) is 0.0493. The van der Waals surface area contributed by atoms with Crippen LogP contribution in [0, 0.1) is 5.41 Å². The zero-order chi connectivity index (χ0) is 29.5. The Balaban J connectivity index is 2.00.